The quantitative estimate of drug-likeness (QED) is 0.845. The second kappa shape index (κ2) is 7.08. The summed E-state index contributed by atoms with van der Waals surface area (Å²) in [5.41, 5.74) is 1.21. The van der Waals surface area contributed by atoms with Crippen LogP contribution in [0.15, 0.2) is 41.3 Å². The molecule has 1 N–H and O–H groups in total. The molecule has 4 rings (SSSR count). The summed E-state index contributed by atoms with van der Waals surface area (Å²) in [5, 5.41) is 2.78. The van der Waals surface area contributed by atoms with Gasteiger partial charge in [-0.05, 0) is 18.2 Å². The van der Waals surface area contributed by atoms with Gasteiger partial charge >= 0.3 is 0 Å². The van der Waals surface area contributed by atoms with E-state index < -0.39 is 15.9 Å². The summed E-state index contributed by atoms with van der Waals surface area (Å²) in [6.07, 6.45) is 0. The second-order valence-corrected chi connectivity index (χ2v) is 8.88. The number of hydrogen-bond donors (Lipinski definition) is 1. The Morgan fingerprint density at radius 1 is 1.07 bits per heavy atom. The van der Waals surface area contributed by atoms with Crippen molar-refractivity contribution in [3.8, 4) is 11.5 Å². The first-order valence-electron chi connectivity index (χ1n) is 8.89. The van der Waals surface area contributed by atoms with Crippen LogP contribution in [0.5, 0.6) is 11.5 Å². The van der Waals surface area contributed by atoms with Crippen molar-refractivity contribution in [1.29, 1.82) is 0 Å². The van der Waals surface area contributed by atoms with Gasteiger partial charge in [-0.3, -0.25) is 4.79 Å². The van der Waals surface area contributed by atoms with E-state index in [0.717, 1.165) is 4.31 Å². The molecular formula is C19H21N3O5S. The Morgan fingerprint density at radius 2 is 1.79 bits per heavy atom. The van der Waals surface area contributed by atoms with Crippen molar-refractivity contribution in [1.82, 2.24) is 4.31 Å². The molecule has 2 aliphatic heterocycles. The Balaban J connectivity index is 1.91. The molecule has 0 bridgehead atoms. The van der Waals surface area contributed by atoms with Crippen molar-refractivity contribution in [2.45, 2.75) is 4.90 Å². The first-order valence-corrected chi connectivity index (χ1v) is 10.3. The van der Waals surface area contributed by atoms with Crippen LogP contribution in [0.1, 0.15) is 10.4 Å². The number of anilines is 2. The van der Waals surface area contributed by atoms with E-state index >= 15 is 0 Å². The van der Waals surface area contributed by atoms with Gasteiger partial charge in [-0.2, -0.15) is 0 Å². The molecule has 0 atom stereocenters. The minimum absolute atomic E-state index is 0.0721. The molecule has 2 aromatic carbocycles. The van der Waals surface area contributed by atoms with Gasteiger partial charge in [-0.1, -0.05) is 12.1 Å². The molecular weight excluding hydrogens is 382 g/mol. The van der Waals surface area contributed by atoms with Crippen LogP contribution in [0.3, 0.4) is 0 Å². The predicted molar refractivity (Wildman–Crippen MR) is 105 cm³/mol. The topological polar surface area (TPSA) is 88.2 Å². The fraction of sp³-hybridized carbons (Fsp3) is 0.316. The molecule has 2 heterocycles. The fourth-order valence-electron chi connectivity index (χ4n) is 3.23. The number of sulfonamides is 1. The van der Waals surface area contributed by atoms with Crippen molar-refractivity contribution in [3.05, 3.63) is 42.0 Å². The Morgan fingerprint density at radius 3 is 2.50 bits per heavy atom. The molecule has 2 aromatic rings. The summed E-state index contributed by atoms with van der Waals surface area (Å²) in [4.78, 5) is 14.8. The molecule has 0 spiro atoms. The molecule has 1 fully saturated rings. The third-order valence-electron chi connectivity index (χ3n) is 4.77. The number of fused-ring (bicyclic) bond motifs is 2. The molecule has 0 aliphatic carbocycles. The van der Waals surface area contributed by atoms with Gasteiger partial charge in [-0.15, -0.1) is 0 Å². The monoisotopic (exact) mass is 403 g/mol. The van der Waals surface area contributed by atoms with Crippen molar-refractivity contribution < 1.29 is 22.7 Å². The number of nitrogens with one attached hydrogen (secondary N) is 1. The smallest absolute Gasteiger partial charge is 0.259 e. The van der Waals surface area contributed by atoms with Crippen LogP contribution in [0.4, 0.5) is 11.4 Å². The van der Waals surface area contributed by atoms with E-state index in [1.807, 2.05) is 11.0 Å². The Labute approximate surface area is 163 Å². The van der Waals surface area contributed by atoms with Gasteiger partial charge in [0.15, 0.2) is 5.75 Å². The van der Waals surface area contributed by atoms with Crippen molar-refractivity contribution in [3.63, 3.8) is 0 Å². The lowest BCUT2D eigenvalue weighted by atomic mass is 10.1. The Bertz CT molecular complexity index is 1030. The molecule has 0 unspecified atom stereocenters. The van der Waals surface area contributed by atoms with Gasteiger partial charge in [0, 0.05) is 33.3 Å². The zero-order chi connectivity index (χ0) is 19.9. The fourth-order valence-corrected chi connectivity index (χ4v) is 4.35. The number of rotatable bonds is 3. The summed E-state index contributed by atoms with van der Waals surface area (Å²) in [7, 11) is -0.840. The average Bonchev–Trinajstić information content (AvgIpc) is 2.83. The molecule has 2 aliphatic rings. The zero-order valence-corrected chi connectivity index (χ0v) is 16.5. The average molecular weight is 403 g/mol. The lowest BCUT2D eigenvalue weighted by molar-refractivity contribution is 0.102. The van der Waals surface area contributed by atoms with Crippen LogP contribution in [-0.4, -0.2) is 59.0 Å². The summed E-state index contributed by atoms with van der Waals surface area (Å²) in [6.45, 7) is 2.11. The van der Waals surface area contributed by atoms with Gasteiger partial charge in [-0.25, -0.2) is 12.7 Å². The van der Waals surface area contributed by atoms with E-state index in [0.29, 0.717) is 49.2 Å². The molecule has 28 heavy (non-hydrogen) atoms. The SMILES string of the molecule is CN(C)S(=O)(=O)c1cc2c(cc1N1CCOCC1)Oc1ccccc1NC2=O. The molecule has 1 amide bonds. The van der Waals surface area contributed by atoms with Crippen LogP contribution in [0, 0.1) is 0 Å². The van der Waals surface area contributed by atoms with Gasteiger partial charge in [0.25, 0.3) is 5.91 Å². The summed E-state index contributed by atoms with van der Waals surface area (Å²) < 4.78 is 38.5. The molecule has 0 radical (unpaired) electrons. The standard InChI is InChI=1S/C19H21N3O5S/c1-21(2)28(24,25)18-11-13-17(12-15(18)22-7-9-26-10-8-22)27-16-6-4-3-5-14(16)20-19(13)23/h3-6,11-12H,7-10H2,1-2H3,(H,20,23). The normalized spacial score (nSPS) is 16.7. The number of carbonyl (C=O) groups excluding carboxylic acids is 1. The second-order valence-electron chi connectivity index (χ2n) is 6.76. The van der Waals surface area contributed by atoms with E-state index in [1.165, 1.54) is 20.2 Å². The number of amides is 1. The molecule has 148 valence electrons. The van der Waals surface area contributed by atoms with Crippen molar-refractivity contribution in [2.24, 2.45) is 0 Å². The van der Waals surface area contributed by atoms with Crippen LogP contribution in [0.2, 0.25) is 0 Å². The first-order chi connectivity index (χ1) is 13.4. The van der Waals surface area contributed by atoms with Crippen LogP contribution < -0.4 is 15.0 Å². The van der Waals surface area contributed by atoms with E-state index in [9.17, 15) is 13.2 Å². The maximum atomic E-state index is 13.0. The minimum Gasteiger partial charge on any atom is -0.454 e. The Kier molecular flexibility index (Phi) is 4.74. The number of hydrogen-bond acceptors (Lipinski definition) is 6. The van der Waals surface area contributed by atoms with Crippen molar-refractivity contribution in [2.75, 3.05) is 50.6 Å². The number of benzene rings is 2. The van der Waals surface area contributed by atoms with Gasteiger partial charge in [0.2, 0.25) is 10.0 Å². The highest BCUT2D eigenvalue weighted by Gasteiger charge is 2.31. The molecule has 0 saturated carbocycles. The highest BCUT2D eigenvalue weighted by molar-refractivity contribution is 7.89. The third-order valence-corrected chi connectivity index (χ3v) is 6.62. The van der Waals surface area contributed by atoms with Gasteiger partial charge in [0.05, 0.1) is 30.2 Å². The van der Waals surface area contributed by atoms with E-state index in [4.69, 9.17) is 9.47 Å². The van der Waals surface area contributed by atoms with Crippen LogP contribution in [-0.2, 0) is 14.8 Å². The number of nitrogens with zero attached hydrogens (tertiary/aromatic N) is 2. The number of para-hydroxylation sites is 2. The number of ether oxygens (including phenoxy) is 2. The van der Waals surface area contributed by atoms with Gasteiger partial charge < -0.3 is 19.7 Å². The van der Waals surface area contributed by atoms with E-state index in [2.05, 4.69) is 5.32 Å². The first kappa shape index (κ1) is 18.7. The maximum Gasteiger partial charge on any atom is 0.259 e. The Hall–Kier alpha value is -2.62. The van der Waals surface area contributed by atoms with Gasteiger partial charge in [0.1, 0.15) is 10.6 Å². The predicted octanol–water partition coefficient (Wildman–Crippen LogP) is 2.13. The lowest BCUT2D eigenvalue weighted by Crippen LogP contribution is -2.37. The summed E-state index contributed by atoms with van der Waals surface area (Å²) >= 11 is 0. The highest BCUT2D eigenvalue weighted by atomic mass is 32.2. The zero-order valence-electron chi connectivity index (χ0n) is 15.6. The summed E-state index contributed by atoms with van der Waals surface area (Å²) in [5.74, 6) is 0.413. The third kappa shape index (κ3) is 3.21. The van der Waals surface area contributed by atoms with Crippen LogP contribution >= 0.6 is 0 Å². The minimum atomic E-state index is -3.78. The maximum absolute atomic E-state index is 13.0. The highest BCUT2D eigenvalue weighted by Crippen LogP contribution is 2.40. The van der Waals surface area contributed by atoms with Crippen molar-refractivity contribution >= 4 is 27.3 Å². The molecule has 9 heteroatoms. The lowest BCUT2D eigenvalue weighted by Gasteiger charge is -2.31. The van der Waals surface area contributed by atoms with E-state index in [1.54, 1.807) is 24.3 Å². The largest absolute Gasteiger partial charge is 0.454 e. The number of morpholine rings is 1. The summed E-state index contributed by atoms with van der Waals surface area (Å²) in [6, 6.07) is 10.1. The molecule has 1 saturated heterocycles. The molecule has 8 nitrogen and oxygen atoms in total. The molecule has 0 aromatic heterocycles. The van der Waals surface area contributed by atoms with E-state index in [-0.39, 0.29) is 10.5 Å². The van der Waals surface area contributed by atoms with Crippen LogP contribution in [0.25, 0.3) is 0 Å². The number of carbonyl (C=O) groups is 1.